The molecule has 1 aliphatic rings. The number of hydrogen-bond acceptors (Lipinski definition) is 3. The first-order valence-corrected chi connectivity index (χ1v) is 9.08. The van der Waals surface area contributed by atoms with Crippen LogP contribution in [0.3, 0.4) is 0 Å². The van der Waals surface area contributed by atoms with Crippen LogP contribution in [0, 0.1) is 5.92 Å². The van der Waals surface area contributed by atoms with Gasteiger partial charge >= 0.3 is 5.97 Å². The van der Waals surface area contributed by atoms with Gasteiger partial charge in [-0.1, -0.05) is 55.8 Å². The number of aromatic nitrogens is 3. The maximum absolute atomic E-state index is 12.3. The van der Waals surface area contributed by atoms with E-state index in [0.29, 0.717) is 28.6 Å². The van der Waals surface area contributed by atoms with Crippen molar-refractivity contribution in [2.45, 2.75) is 26.4 Å². The minimum absolute atomic E-state index is 0.0363. The Labute approximate surface area is 160 Å². The molecule has 1 N–H and O–H groups in total. The number of benzene rings is 1. The van der Waals surface area contributed by atoms with Gasteiger partial charge in [-0.05, 0) is 5.92 Å². The van der Waals surface area contributed by atoms with Gasteiger partial charge in [-0.25, -0.2) is 4.79 Å². The lowest BCUT2D eigenvalue weighted by Crippen LogP contribution is -2.31. The van der Waals surface area contributed by atoms with Gasteiger partial charge in [0.1, 0.15) is 17.0 Å². The van der Waals surface area contributed by atoms with Crippen molar-refractivity contribution in [3.63, 3.8) is 0 Å². The summed E-state index contributed by atoms with van der Waals surface area (Å²) < 4.78 is 3.68. The van der Waals surface area contributed by atoms with Crippen LogP contribution in [0.4, 0.5) is 0 Å². The Kier molecular flexibility index (Phi) is 4.15. The van der Waals surface area contributed by atoms with E-state index >= 15 is 0 Å². The number of carboxylic acid groups (broad SMARTS) is 1. The van der Waals surface area contributed by atoms with Gasteiger partial charge in [0, 0.05) is 17.8 Å². The molecule has 138 valence electrons. The lowest BCUT2D eigenvalue weighted by atomic mass is 9.99. The van der Waals surface area contributed by atoms with Gasteiger partial charge in [0.25, 0.3) is 0 Å². The van der Waals surface area contributed by atoms with Gasteiger partial charge in [0.2, 0.25) is 0 Å². The van der Waals surface area contributed by atoms with Crippen molar-refractivity contribution in [2.75, 3.05) is 0 Å². The molecule has 1 aliphatic heterocycles. The number of nitrogens with zero attached hydrogens (tertiary/aromatic N) is 3. The molecule has 0 unspecified atom stereocenters. The molecule has 0 spiro atoms. The molecule has 0 saturated heterocycles. The zero-order valence-corrected chi connectivity index (χ0v) is 15.6. The van der Waals surface area contributed by atoms with E-state index < -0.39 is 11.4 Å². The summed E-state index contributed by atoms with van der Waals surface area (Å²) in [6, 6.07) is 10.9. The summed E-state index contributed by atoms with van der Waals surface area (Å²) in [6.45, 7) is 4.66. The van der Waals surface area contributed by atoms with Crippen molar-refractivity contribution < 1.29 is 9.90 Å². The Morgan fingerprint density at radius 1 is 1.30 bits per heavy atom. The second-order valence-corrected chi connectivity index (χ2v) is 7.40. The first-order chi connectivity index (χ1) is 12.9. The van der Waals surface area contributed by atoms with Crippen molar-refractivity contribution in [1.29, 1.82) is 0 Å². The van der Waals surface area contributed by atoms with E-state index in [0.717, 1.165) is 5.56 Å². The van der Waals surface area contributed by atoms with Crippen LogP contribution in [0.1, 0.15) is 30.2 Å². The Hall–Kier alpha value is -2.86. The monoisotopic (exact) mass is 383 g/mol. The van der Waals surface area contributed by atoms with Crippen LogP contribution < -0.4 is 5.43 Å². The molecule has 4 rings (SSSR count). The van der Waals surface area contributed by atoms with Crippen molar-refractivity contribution in [3.05, 3.63) is 63.4 Å². The van der Waals surface area contributed by atoms with Crippen LogP contribution in [0.25, 0.3) is 22.6 Å². The zero-order chi connectivity index (χ0) is 19.3. The molecule has 1 atom stereocenters. The second kappa shape index (κ2) is 6.39. The van der Waals surface area contributed by atoms with Crippen molar-refractivity contribution >= 4 is 17.6 Å². The number of pyridine rings is 1. The third kappa shape index (κ3) is 2.77. The summed E-state index contributed by atoms with van der Waals surface area (Å²) in [7, 11) is 0. The first-order valence-electron chi connectivity index (χ1n) is 8.70. The second-order valence-electron chi connectivity index (χ2n) is 7.02. The van der Waals surface area contributed by atoms with Crippen molar-refractivity contribution in [1.82, 2.24) is 14.3 Å². The van der Waals surface area contributed by atoms with E-state index in [1.54, 1.807) is 0 Å². The molecule has 27 heavy (non-hydrogen) atoms. The summed E-state index contributed by atoms with van der Waals surface area (Å²) in [5.74, 6) is -1.02. The standard InChI is InChI=1S/C20H18ClN3O3/c1-11(2)15-10-24-19(14-8-16(25)13(20(26)27)9-23(14)15)17(21)18(22-24)12-6-4-3-5-7-12/h3-9,11,15H,10H2,1-2H3,(H,26,27)/t15-/m0/s1. The van der Waals surface area contributed by atoms with Crippen LogP contribution in [-0.4, -0.2) is 25.4 Å². The Morgan fingerprint density at radius 3 is 2.63 bits per heavy atom. The highest BCUT2D eigenvalue weighted by Crippen LogP contribution is 2.41. The van der Waals surface area contributed by atoms with Crippen LogP contribution >= 0.6 is 11.6 Å². The predicted molar refractivity (Wildman–Crippen MR) is 103 cm³/mol. The fraction of sp³-hybridized carbons (Fsp3) is 0.250. The van der Waals surface area contributed by atoms with E-state index in [1.807, 2.05) is 39.6 Å². The molecule has 0 bridgehead atoms. The fourth-order valence-corrected chi connectivity index (χ4v) is 3.91. The lowest BCUT2D eigenvalue weighted by Gasteiger charge is -2.32. The topological polar surface area (TPSA) is 77.1 Å². The van der Waals surface area contributed by atoms with E-state index in [-0.39, 0.29) is 17.5 Å². The van der Waals surface area contributed by atoms with Gasteiger partial charge in [-0.3, -0.25) is 9.48 Å². The summed E-state index contributed by atoms with van der Waals surface area (Å²) in [6.07, 6.45) is 1.43. The summed E-state index contributed by atoms with van der Waals surface area (Å²) in [5, 5.41) is 14.5. The van der Waals surface area contributed by atoms with Gasteiger partial charge in [-0.15, -0.1) is 0 Å². The lowest BCUT2D eigenvalue weighted by molar-refractivity contribution is 0.0694. The Bertz CT molecular complexity index is 1100. The summed E-state index contributed by atoms with van der Waals surface area (Å²) in [5.41, 5.74) is 2.00. The third-order valence-corrected chi connectivity index (χ3v) is 5.34. The number of aromatic carboxylic acids is 1. The normalized spacial score (nSPS) is 15.5. The maximum Gasteiger partial charge on any atom is 0.341 e. The molecule has 7 heteroatoms. The number of hydrogen-bond donors (Lipinski definition) is 1. The number of carbonyl (C=O) groups is 1. The highest BCUT2D eigenvalue weighted by Gasteiger charge is 2.32. The SMILES string of the molecule is CC(C)[C@@H]1Cn2nc(-c3ccccc3)c(Cl)c2-c2cc(=O)c(C(=O)O)cn21. The van der Waals surface area contributed by atoms with E-state index in [1.165, 1.54) is 12.3 Å². The summed E-state index contributed by atoms with van der Waals surface area (Å²) in [4.78, 5) is 23.8. The zero-order valence-electron chi connectivity index (χ0n) is 14.9. The van der Waals surface area contributed by atoms with E-state index in [4.69, 9.17) is 16.7 Å². The third-order valence-electron chi connectivity index (χ3n) is 4.98. The molecular weight excluding hydrogens is 366 g/mol. The molecule has 0 radical (unpaired) electrons. The van der Waals surface area contributed by atoms with Gasteiger partial charge in [0.05, 0.1) is 23.3 Å². The van der Waals surface area contributed by atoms with Gasteiger partial charge in [-0.2, -0.15) is 5.10 Å². The molecule has 0 amide bonds. The van der Waals surface area contributed by atoms with E-state index in [2.05, 4.69) is 13.8 Å². The summed E-state index contributed by atoms with van der Waals surface area (Å²) >= 11 is 6.67. The van der Waals surface area contributed by atoms with Crippen LogP contribution in [-0.2, 0) is 6.54 Å². The molecule has 1 aromatic carbocycles. The quantitative estimate of drug-likeness (QED) is 0.743. The molecule has 2 aromatic heterocycles. The highest BCUT2D eigenvalue weighted by atomic mass is 35.5. The maximum atomic E-state index is 12.3. The average Bonchev–Trinajstić information content (AvgIpc) is 2.97. The molecule has 0 saturated carbocycles. The number of fused-ring (bicyclic) bond motifs is 3. The van der Waals surface area contributed by atoms with Crippen LogP contribution in [0.15, 0.2) is 47.4 Å². The molecule has 0 fully saturated rings. The first kappa shape index (κ1) is 17.5. The average molecular weight is 384 g/mol. The molecule has 6 nitrogen and oxygen atoms in total. The fourth-order valence-electron chi connectivity index (χ4n) is 3.57. The minimum atomic E-state index is -1.23. The van der Waals surface area contributed by atoms with Gasteiger partial charge in [0.15, 0.2) is 5.43 Å². The predicted octanol–water partition coefficient (Wildman–Crippen LogP) is 3.94. The number of carboxylic acids is 1. The molecule has 3 aromatic rings. The minimum Gasteiger partial charge on any atom is -0.477 e. The molecule has 3 heterocycles. The van der Waals surface area contributed by atoms with E-state index in [9.17, 15) is 14.7 Å². The molecular formula is C20H18ClN3O3. The van der Waals surface area contributed by atoms with Gasteiger partial charge < -0.3 is 9.67 Å². The van der Waals surface area contributed by atoms with Crippen molar-refractivity contribution in [3.8, 4) is 22.6 Å². The Morgan fingerprint density at radius 2 is 2.00 bits per heavy atom. The van der Waals surface area contributed by atoms with Crippen LogP contribution in [0.2, 0.25) is 5.02 Å². The molecule has 0 aliphatic carbocycles. The van der Waals surface area contributed by atoms with Crippen LogP contribution in [0.5, 0.6) is 0 Å². The van der Waals surface area contributed by atoms with Crippen molar-refractivity contribution in [2.24, 2.45) is 5.92 Å². The Balaban J connectivity index is 1.99. The number of halogens is 1. The largest absolute Gasteiger partial charge is 0.477 e. The smallest absolute Gasteiger partial charge is 0.341 e. The number of rotatable bonds is 3. The highest BCUT2D eigenvalue weighted by molar-refractivity contribution is 6.35.